The van der Waals surface area contributed by atoms with Crippen LogP contribution in [0.25, 0.3) is 0 Å². The van der Waals surface area contributed by atoms with E-state index in [1.54, 1.807) is 14.2 Å². The van der Waals surface area contributed by atoms with E-state index >= 15 is 0 Å². The topological polar surface area (TPSA) is 27.7 Å². The molecule has 21 heavy (non-hydrogen) atoms. The Morgan fingerprint density at radius 2 is 1.62 bits per heavy atom. The molecule has 0 aliphatic heterocycles. The first kappa shape index (κ1) is 15.7. The number of aryl methyl sites for hydroxylation is 1. The highest BCUT2D eigenvalue weighted by molar-refractivity contribution is 9.10. The lowest BCUT2D eigenvalue weighted by Gasteiger charge is -2.14. The molecule has 2 rings (SSSR count). The van der Waals surface area contributed by atoms with Crippen LogP contribution in [0.1, 0.15) is 18.1 Å². The first-order valence-electron chi connectivity index (χ1n) is 6.80. The van der Waals surface area contributed by atoms with E-state index in [0.717, 1.165) is 33.7 Å². The number of ether oxygens (including phenoxy) is 3. The normalized spacial score (nSPS) is 10.3. The van der Waals surface area contributed by atoms with Gasteiger partial charge in [0.25, 0.3) is 0 Å². The molecule has 0 unspecified atom stereocenters. The first-order valence-corrected chi connectivity index (χ1v) is 7.59. The van der Waals surface area contributed by atoms with Crippen LogP contribution in [-0.4, -0.2) is 14.2 Å². The van der Waals surface area contributed by atoms with Gasteiger partial charge in [-0.3, -0.25) is 0 Å². The minimum absolute atomic E-state index is 0.421. The van der Waals surface area contributed by atoms with Crippen molar-refractivity contribution >= 4 is 15.9 Å². The SMILES string of the molecule is CCc1ccc(OCc2cc(Br)ccc2OC)c(OC)c1. The molecule has 0 radical (unpaired) electrons. The molecule has 0 aromatic heterocycles. The monoisotopic (exact) mass is 350 g/mol. The lowest BCUT2D eigenvalue weighted by atomic mass is 10.1. The predicted molar refractivity (Wildman–Crippen MR) is 87.4 cm³/mol. The average molecular weight is 351 g/mol. The quantitative estimate of drug-likeness (QED) is 0.761. The van der Waals surface area contributed by atoms with Gasteiger partial charge in [0, 0.05) is 10.0 Å². The van der Waals surface area contributed by atoms with Gasteiger partial charge in [-0.1, -0.05) is 28.9 Å². The van der Waals surface area contributed by atoms with Gasteiger partial charge >= 0.3 is 0 Å². The zero-order valence-electron chi connectivity index (χ0n) is 12.5. The third kappa shape index (κ3) is 3.91. The van der Waals surface area contributed by atoms with Gasteiger partial charge in [-0.15, -0.1) is 0 Å². The van der Waals surface area contributed by atoms with Crippen molar-refractivity contribution in [1.82, 2.24) is 0 Å². The molecule has 2 aromatic carbocycles. The van der Waals surface area contributed by atoms with Crippen LogP contribution in [0.3, 0.4) is 0 Å². The molecule has 2 aromatic rings. The third-order valence-electron chi connectivity index (χ3n) is 3.26. The largest absolute Gasteiger partial charge is 0.496 e. The Morgan fingerprint density at radius 3 is 2.29 bits per heavy atom. The summed E-state index contributed by atoms with van der Waals surface area (Å²) in [5.41, 5.74) is 2.20. The summed E-state index contributed by atoms with van der Waals surface area (Å²) in [5, 5.41) is 0. The molecule has 0 atom stereocenters. The van der Waals surface area contributed by atoms with E-state index < -0.39 is 0 Å². The van der Waals surface area contributed by atoms with Crippen LogP contribution in [0.4, 0.5) is 0 Å². The maximum Gasteiger partial charge on any atom is 0.161 e. The van der Waals surface area contributed by atoms with Crippen LogP contribution >= 0.6 is 15.9 Å². The van der Waals surface area contributed by atoms with Crippen molar-refractivity contribution in [3.8, 4) is 17.2 Å². The molecule has 0 heterocycles. The van der Waals surface area contributed by atoms with Gasteiger partial charge in [-0.2, -0.15) is 0 Å². The second-order valence-electron chi connectivity index (χ2n) is 4.58. The fourth-order valence-corrected chi connectivity index (χ4v) is 2.48. The van der Waals surface area contributed by atoms with Crippen LogP contribution in [0, 0.1) is 0 Å². The van der Waals surface area contributed by atoms with Crippen molar-refractivity contribution in [2.75, 3.05) is 14.2 Å². The average Bonchev–Trinajstić information content (AvgIpc) is 2.52. The number of methoxy groups -OCH3 is 2. The summed E-state index contributed by atoms with van der Waals surface area (Å²) in [5.74, 6) is 2.29. The first-order chi connectivity index (χ1) is 10.2. The van der Waals surface area contributed by atoms with Crippen molar-refractivity contribution in [2.45, 2.75) is 20.0 Å². The Bertz CT molecular complexity index is 611. The molecule has 4 heteroatoms. The Labute approximate surface area is 134 Å². The standard InChI is InChI=1S/C17H19BrO3/c1-4-12-5-7-16(17(9-12)20-3)21-11-13-10-14(18)6-8-15(13)19-2/h5-10H,4,11H2,1-3H3. The zero-order chi connectivity index (χ0) is 15.2. The smallest absolute Gasteiger partial charge is 0.161 e. The number of halogens is 1. The fraction of sp³-hybridized carbons (Fsp3) is 0.294. The highest BCUT2D eigenvalue weighted by Gasteiger charge is 2.08. The van der Waals surface area contributed by atoms with Crippen molar-refractivity contribution < 1.29 is 14.2 Å². The van der Waals surface area contributed by atoms with E-state index in [2.05, 4.69) is 28.9 Å². The van der Waals surface area contributed by atoms with Gasteiger partial charge in [-0.25, -0.2) is 0 Å². The minimum Gasteiger partial charge on any atom is -0.496 e. The summed E-state index contributed by atoms with van der Waals surface area (Å²) < 4.78 is 17.6. The number of hydrogen-bond donors (Lipinski definition) is 0. The summed E-state index contributed by atoms with van der Waals surface area (Å²) in [6, 6.07) is 11.9. The summed E-state index contributed by atoms with van der Waals surface area (Å²) >= 11 is 3.46. The summed E-state index contributed by atoms with van der Waals surface area (Å²) in [6.07, 6.45) is 0.968. The van der Waals surface area contributed by atoms with Gasteiger partial charge in [0.15, 0.2) is 11.5 Å². The summed E-state index contributed by atoms with van der Waals surface area (Å²) in [4.78, 5) is 0. The molecule has 0 aliphatic carbocycles. The molecule has 0 fully saturated rings. The lowest BCUT2D eigenvalue weighted by Crippen LogP contribution is -2.00. The maximum absolute atomic E-state index is 5.89. The highest BCUT2D eigenvalue weighted by atomic mass is 79.9. The molecule has 3 nitrogen and oxygen atoms in total. The summed E-state index contributed by atoms with van der Waals surface area (Å²) in [7, 11) is 3.31. The van der Waals surface area contributed by atoms with E-state index in [0.29, 0.717) is 6.61 Å². The van der Waals surface area contributed by atoms with Crippen molar-refractivity contribution in [3.63, 3.8) is 0 Å². The Kier molecular flexibility index (Phi) is 5.51. The van der Waals surface area contributed by atoms with E-state index in [1.807, 2.05) is 30.3 Å². The van der Waals surface area contributed by atoms with Crippen molar-refractivity contribution in [3.05, 3.63) is 52.0 Å². The number of rotatable bonds is 6. The van der Waals surface area contributed by atoms with Crippen LogP contribution in [-0.2, 0) is 13.0 Å². The van der Waals surface area contributed by atoms with E-state index in [-0.39, 0.29) is 0 Å². The van der Waals surface area contributed by atoms with Crippen molar-refractivity contribution in [2.24, 2.45) is 0 Å². The van der Waals surface area contributed by atoms with Crippen LogP contribution in [0.5, 0.6) is 17.2 Å². The van der Waals surface area contributed by atoms with Crippen LogP contribution in [0.15, 0.2) is 40.9 Å². The molecule has 0 N–H and O–H groups in total. The van der Waals surface area contributed by atoms with Gasteiger partial charge < -0.3 is 14.2 Å². The molecule has 0 amide bonds. The highest BCUT2D eigenvalue weighted by Crippen LogP contribution is 2.30. The predicted octanol–water partition coefficient (Wildman–Crippen LogP) is 4.61. The van der Waals surface area contributed by atoms with Gasteiger partial charge in [0.05, 0.1) is 14.2 Å². The molecule has 0 aliphatic rings. The van der Waals surface area contributed by atoms with E-state index in [9.17, 15) is 0 Å². The Hall–Kier alpha value is -1.68. The van der Waals surface area contributed by atoms with E-state index in [1.165, 1.54) is 5.56 Å². The van der Waals surface area contributed by atoms with Crippen LogP contribution < -0.4 is 14.2 Å². The second-order valence-corrected chi connectivity index (χ2v) is 5.50. The zero-order valence-corrected chi connectivity index (χ0v) is 14.1. The molecule has 0 spiro atoms. The molecule has 0 bridgehead atoms. The van der Waals surface area contributed by atoms with Gasteiger partial charge in [0.2, 0.25) is 0 Å². The molecule has 112 valence electrons. The van der Waals surface area contributed by atoms with Crippen LogP contribution in [0.2, 0.25) is 0 Å². The molecular formula is C17H19BrO3. The van der Waals surface area contributed by atoms with Gasteiger partial charge in [0.1, 0.15) is 12.4 Å². The number of hydrogen-bond acceptors (Lipinski definition) is 3. The Balaban J connectivity index is 2.18. The third-order valence-corrected chi connectivity index (χ3v) is 3.76. The molecule has 0 saturated carbocycles. The fourth-order valence-electron chi connectivity index (χ4n) is 2.07. The lowest BCUT2D eigenvalue weighted by molar-refractivity contribution is 0.278. The molecular weight excluding hydrogens is 332 g/mol. The maximum atomic E-state index is 5.89. The van der Waals surface area contributed by atoms with Gasteiger partial charge in [-0.05, 0) is 42.3 Å². The minimum atomic E-state index is 0.421. The van der Waals surface area contributed by atoms with E-state index in [4.69, 9.17) is 14.2 Å². The second kappa shape index (κ2) is 7.36. The number of benzene rings is 2. The molecule has 0 saturated heterocycles. The Morgan fingerprint density at radius 1 is 0.905 bits per heavy atom. The van der Waals surface area contributed by atoms with Crippen molar-refractivity contribution in [1.29, 1.82) is 0 Å². The summed E-state index contributed by atoms with van der Waals surface area (Å²) in [6.45, 7) is 2.53.